The molecule has 4 nitrogen and oxygen atoms in total. The summed E-state index contributed by atoms with van der Waals surface area (Å²) in [7, 11) is 0. The van der Waals surface area contributed by atoms with Gasteiger partial charge in [-0.25, -0.2) is 4.79 Å². The Morgan fingerprint density at radius 1 is 1.20 bits per heavy atom. The number of aryl methyl sites for hydroxylation is 3. The third-order valence-electron chi connectivity index (χ3n) is 3.47. The molecule has 20 heavy (non-hydrogen) atoms. The number of ether oxygens (including phenoxy) is 1. The van der Waals surface area contributed by atoms with Crippen molar-refractivity contribution in [2.45, 2.75) is 34.2 Å². The second-order valence-electron chi connectivity index (χ2n) is 4.79. The van der Waals surface area contributed by atoms with Gasteiger partial charge < -0.3 is 9.30 Å². The fourth-order valence-electron chi connectivity index (χ4n) is 2.55. The summed E-state index contributed by atoms with van der Waals surface area (Å²) in [6.45, 7) is 8.37. The first-order chi connectivity index (χ1) is 9.51. The Kier molecular flexibility index (Phi) is 3.93. The Morgan fingerprint density at radius 2 is 1.90 bits per heavy atom. The molecule has 0 aliphatic heterocycles. The zero-order valence-electron chi connectivity index (χ0n) is 12.3. The van der Waals surface area contributed by atoms with Gasteiger partial charge in [0.05, 0.1) is 6.61 Å². The summed E-state index contributed by atoms with van der Waals surface area (Å²) in [5.74, 6) is -1.36. The lowest BCUT2D eigenvalue weighted by Crippen LogP contribution is -2.21. The zero-order valence-corrected chi connectivity index (χ0v) is 12.3. The van der Waals surface area contributed by atoms with Crippen LogP contribution in [0.2, 0.25) is 0 Å². The maximum Gasteiger partial charge on any atom is 0.381 e. The minimum atomic E-state index is -0.787. The van der Waals surface area contributed by atoms with Crippen molar-refractivity contribution in [3.8, 4) is 0 Å². The summed E-state index contributed by atoms with van der Waals surface area (Å²) in [6, 6.07) is 6.04. The van der Waals surface area contributed by atoms with Gasteiger partial charge in [-0.2, -0.15) is 0 Å². The van der Waals surface area contributed by atoms with Gasteiger partial charge in [0.15, 0.2) is 0 Å². The molecule has 0 spiro atoms. The standard InChI is InChI=1S/C16H19NO3/c1-5-17-13-9-10(3)7-8-12(13)11(4)14(17)15(18)16(19)20-6-2/h7-9H,5-6H2,1-4H3. The number of hydrogen-bond donors (Lipinski definition) is 0. The molecule has 0 radical (unpaired) electrons. The number of rotatable bonds is 4. The summed E-state index contributed by atoms with van der Waals surface area (Å²) >= 11 is 0. The van der Waals surface area contributed by atoms with Crippen molar-refractivity contribution < 1.29 is 14.3 Å². The van der Waals surface area contributed by atoms with Gasteiger partial charge in [-0.05, 0) is 44.9 Å². The lowest BCUT2D eigenvalue weighted by Gasteiger charge is -2.07. The summed E-state index contributed by atoms with van der Waals surface area (Å²) in [5, 5.41) is 1.00. The van der Waals surface area contributed by atoms with E-state index in [1.807, 2.05) is 43.5 Å². The molecule has 0 aliphatic carbocycles. The first kappa shape index (κ1) is 14.3. The number of aromatic nitrogens is 1. The van der Waals surface area contributed by atoms with Crippen LogP contribution in [-0.4, -0.2) is 22.9 Å². The third-order valence-corrected chi connectivity index (χ3v) is 3.47. The van der Waals surface area contributed by atoms with Gasteiger partial charge in [0.25, 0.3) is 5.78 Å². The van der Waals surface area contributed by atoms with Gasteiger partial charge in [0.2, 0.25) is 0 Å². The minimum absolute atomic E-state index is 0.203. The first-order valence-electron chi connectivity index (χ1n) is 6.82. The molecule has 0 unspecified atom stereocenters. The number of esters is 1. The van der Waals surface area contributed by atoms with Crippen LogP contribution in [0.1, 0.15) is 35.5 Å². The molecule has 1 aromatic heterocycles. The Bertz CT molecular complexity index is 683. The van der Waals surface area contributed by atoms with Crippen LogP contribution in [0.5, 0.6) is 0 Å². The van der Waals surface area contributed by atoms with E-state index in [0.29, 0.717) is 12.2 Å². The van der Waals surface area contributed by atoms with Gasteiger partial charge in [0, 0.05) is 17.4 Å². The second kappa shape index (κ2) is 5.49. The molecule has 0 bridgehead atoms. The molecule has 2 rings (SSSR count). The number of carbonyl (C=O) groups is 2. The molecule has 1 heterocycles. The van der Waals surface area contributed by atoms with Crippen molar-refractivity contribution in [3.05, 3.63) is 35.0 Å². The molecule has 0 amide bonds. The maximum absolute atomic E-state index is 12.3. The predicted molar refractivity (Wildman–Crippen MR) is 78.0 cm³/mol. The van der Waals surface area contributed by atoms with E-state index in [4.69, 9.17) is 4.74 Å². The number of nitrogens with zero attached hydrogens (tertiary/aromatic N) is 1. The summed E-state index contributed by atoms with van der Waals surface area (Å²) in [4.78, 5) is 24.0. The van der Waals surface area contributed by atoms with Crippen LogP contribution in [0.3, 0.4) is 0 Å². The number of fused-ring (bicyclic) bond motifs is 1. The third kappa shape index (κ3) is 2.22. The molecule has 4 heteroatoms. The lowest BCUT2D eigenvalue weighted by atomic mass is 10.1. The van der Waals surface area contributed by atoms with Crippen molar-refractivity contribution in [3.63, 3.8) is 0 Å². The minimum Gasteiger partial charge on any atom is -0.460 e. The topological polar surface area (TPSA) is 48.3 Å². The normalized spacial score (nSPS) is 10.8. The molecular formula is C16H19NO3. The van der Waals surface area contributed by atoms with E-state index >= 15 is 0 Å². The maximum atomic E-state index is 12.3. The van der Waals surface area contributed by atoms with Gasteiger partial charge in [-0.15, -0.1) is 0 Å². The van der Waals surface area contributed by atoms with Crippen molar-refractivity contribution in [2.24, 2.45) is 0 Å². The highest BCUT2D eigenvalue weighted by molar-refractivity contribution is 6.41. The molecular weight excluding hydrogens is 254 g/mol. The molecule has 2 aromatic rings. The highest BCUT2D eigenvalue weighted by atomic mass is 16.5. The second-order valence-corrected chi connectivity index (χ2v) is 4.79. The monoisotopic (exact) mass is 273 g/mol. The van der Waals surface area contributed by atoms with Crippen LogP contribution < -0.4 is 0 Å². The highest BCUT2D eigenvalue weighted by Crippen LogP contribution is 2.27. The Balaban J connectivity index is 2.66. The lowest BCUT2D eigenvalue weighted by molar-refractivity contribution is -0.137. The molecule has 0 atom stereocenters. The van der Waals surface area contributed by atoms with Crippen LogP contribution in [-0.2, 0) is 16.1 Å². The number of benzene rings is 1. The van der Waals surface area contributed by atoms with Crippen LogP contribution >= 0.6 is 0 Å². The predicted octanol–water partition coefficient (Wildman–Crippen LogP) is 3.02. The first-order valence-corrected chi connectivity index (χ1v) is 6.82. The molecule has 106 valence electrons. The summed E-state index contributed by atoms with van der Waals surface area (Å²) in [6.07, 6.45) is 0. The molecule has 1 aromatic carbocycles. The molecule has 0 aliphatic rings. The molecule has 0 fully saturated rings. The van der Waals surface area contributed by atoms with Crippen molar-refractivity contribution in [2.75, 3.05) is 6.61 Å². The SMILES string of the molecule is CCOC(=O)C(=O)c1c(C)c2ccc(C)cc2n1CC. The van der Waals surface area contributed by atoms with Crippen LogP contribution in [0.4, 0.5) is 0 Å². The molecule has 0 N–H and O–H groups in total. The smallest absolute Gasteiger partial charge is 0.381 e. The number of hydrogen-bond acceptors (Lipinski definition) is 3. The fraction of sp³-hybridized carbons (Fsp3) is 0.375. The van der Waals surface area contributed by atoms with Gasteiger partial charge in [-0.1, -0.05) is 12.1 Å². The largest absolute Gasteiger partial charge is 0.460 e. The quantitative estimate of drug-likeness (QED) is 0.489. The van der Waals surface area contributed by atoms with Gasteiger partial charge in [0.1, 0.15) is 5.69 Å². The van der Waals surface area contributed by atoms with E-state index in [1.54, 1.807) is 6.92 Å². The molecule has 0 saturated heterocycles. The van der Waals surface area contributed by atoms with E-state index < -0.39 is 11.8 Å². The van der Waals surface area contributed by atoms with Crippen molar-refractivity contribution in [1.29, 1.82) is 0 Å². The summed E-state index contributed by atoms with van der Waals surface area (Å²) in [5.41, 5.74) is 3.38. The highest BCUT2D eigenvalue weighted by Gasteiger charge is 2.25. The number of ketones is 1. The van der Waals surface area contributed by atoms with Gasteiger partial charge >= 0.3 is 5.97 Å². The summed E-state index contributed by atoms with van der Waals surface area (Å²) < 4.78 is 6.72. The zero-order chi connectivity index (χ0) is 14.9. The van der Waals surface area contributed by atoms with E-state index in [-0.39, 0.29) is 6.61 Å². The van der Waals surface area contributed by atoms with Crippen LogP contribution in [0.15, 0.2) is 18.2 Å². The van der Waals surface area contributed by atoms with E-state index in [0.717, 1.165) is 22.0 Å². The average molecular weight is 273 g/mol. The molecule has 0 saturated carbocycles. The Labute approximate surface area is 118 Å². The van der Waals surface area contributed by atoms with E-state index in [9.17, 15) is 9.59 Å². The Hall–Kier alpha value is -2.10. The average Bonchev–Trinajstić information content (AvgIpc) is 2.70. The number of carbonyl (C=O) groups excluding carboxylic acids is 2. The van der Waals surface area contributed by atoms with Crippen molar-refractivity contribution in [1.82, 2.24) is 4.57 Å². The van der Waals surface area contributed by atoms with Gasteiger partial charge in [-0.3, -0.25) is 4.79 Å². The fourth-order valence-corrected chi connectivity index (χ4v) is 2.55. The number of Topliss-reactive ketones (excluding diaryl/α,β-unsaturated/α-hetero) is 1. The van der Waals surface area contributed by atoms with E-state index in [1.165, 1.54) is 0 Å². The van der Waals surface area contributed by atoms with Crippen LogP contribution in [0.25, 0.3) is 10.9 Å². The van der Waals surface area contributed by atoms with Crippen LogP contribution in [0, 0.1) is 13.8 Å². The van der Waals surface area contributed by atoms with E-state index in [2.05, 4.69) is 0 Å². The Morgan fingerprint density at radius 3 is 2.50 bits per heavy atom. The van der Waals surface area contributed by atoms with Crippen molar-refractivity contribution >= 4 is 22.7 Å².